The van der Waals surface area contributed by atoms with E-state index in [1.807, 2.05) is 0 Å². The predicted octanol–water partition coefficient (Wildman–Crippen LogP) is 0.129. The monoisotopic (exact) mass is 207 g/mol. The van der Waals surface area contributed by atoms with E-state index in [0.29, 0.717) is 0 Å². The number of rotatable bonds is 6. The van der Waals surface area contributed by atoms with Gasteiger partial charge in [-0.2, -0.15) is 13.1 Å². The summed E-state index contributed by atoms with van der Waals surface area (Å²) in [6.45, 7) is 3.64. The van der Waals surface area contributed by atoms with E-state index in [4.69, 9.17) is 5.53 Å². The molecule has 0 saturated carbocycles. The number of nitrogens with zero attached hydrogens (tertiary/aromatic N) is 3. The third-order valence-electron chi connectivity index (χ3n) is 0.958. The second-order valence-corrected chi connectivity index (χ2v) is 4.16. The third-order valence-corrected chi connectivity index (χ3v) is 2.32. The molecule has 0 heterocycles. The summed E-state index contributed by atoms with van der Waals surface area (Å²) in [7, 11) is -3.44. The molecule has 0 aliphatic rings. The highest BCUT2D eigenvalue weighted by molar-refractivity contribution is 7.87. The van der Waals surface area contributed by atoms with Crippen LogP contribution >= 0.6 is 0 Å². The maximum atomic E-state index is 11.0. The first-order chi connectivity index (χ1) is 5.98. The van der Waals surface area contributed by atoms with Crippen molar-refractivity contribution in [2.24, 2.45) is 5.11 Å². The number of nitrogens with one attached hydrogen (secondary N) is 2. The molecule has 0 aromatic rings. The molecule has 2 N–H and O–H groups in total. The Balaban J connectivity index is 3.83. The summed E-state index contributed by atoms with van der Waals surface area (Å²) >= 11 is 0. The predicted molar refractivity (Wildman–Crippen MR) is 49.2 cm³/mol. The van der Waals surface area contributed by atoms with Crippen molar-refractivity contribution in [1.29, 1.82) is 0 Å². The Morgan fingerprint density at radius 1 is 1.54 bits per heavy atom. The van der Waals surface area contributed by atoms with Gasteiger partial charge in [-0.25, -0.2) is 4.72 Å². The number of azide groups is 1. The Morgan fingerprint density at radius 2 is 2.15 bits per heavy atom. The zero-order valence-electron chi connectivity index (χ0n) is 7.56. The first-order valence-electron chi connectivity index (χ1n) is 3.75. The van der Waals surface area contributed by atoms with Gasteiger partial charge in [0, 0.05) is 24.0 Å². The van der Waals surface area contributed by atoms with E-state index in [0.717, 1.165) is 0 Å². The van der Waals surface area contributed by atoms with Gasteiger partial charge in [0.15, 0.2) is 0 Å². The van der Waals surface area contributed by atoms with E-state index in [1.165, 1.54) is 0 Å². The van der Waals surface area contributed by atoms with Crippen molar-refractivity contribution >= 4 is 10.2 Å². The second-order valence-electron chi connectivity index (χ2n) is 2.62. The van der Waals surface area contributed by atoms with Crippen molar-refractivity contribution in [3.8, 4) is 0 Å². The molecule has 0 amide bonds. The maximum absolute atomic E-state index is 11.0. The van der Waals surface area contributed by atoms with Crippen LogP contribution in [0, 0.1) is 0 Å². The van der Waals surface area contributed by atoms with Crippen molar-refractivity contribution in [1.82, 2.24) is 9.44 Å². The Hall–Kier alpha value is -0.820. The molecular formula is C5H13N5O2S. The smallest absolute Gasteiger partial charge is 0.202 e. The quantitative estimate of drug-likeness (QED) is 0.279. The zero-order chi connectivity index (χ0) is 10.3. The van der Waals surface area contributed by atoms with Gasteiger partial charge in [-0.15, -0.1) is 0 Å². The largest absolute Gasteiger partial charge is 0.277 e. The van der Waals surface area contributed by atoms with Crippen molar-refractivity contribution in [2.45, 2.75) is 19.9 Å². The molecule has 8 heteroatoms. The van der Waals surface area contributed by atoms with Gasteiger partial charge in [-0.1, -0.05) is 5.11 Å². The molecule has 0 atom stereocenters. The summed E-state index contributed by atoms with van der Waals surface area (Å²) in [6.07, 6.45) is 0. The molecule has 76 valence electrons. The van der Waals surface area contributed by atoms with Gasteiger partial charge in [0.25, 0.3) is 10.2 Å². The minimum atomic E-state index is -3.44. The van der Waals surface area contributed by atoms with Gasteiger partial charge in [0.05, 0.1) is 0 Å². The van der Waals surface area contributed by atoms with Crippen molar-refractivity contribution < 1.29 is 8.42 Å². The first kappa shape index (κ1) is 12.2. The summed E-state index contributed by atoms with van der Waals surface area (Å²) < 4.78 is 26.6. The van der Waals surface area contributed by atoms with Crippen LogP contribution in [0.15, 0.2) is 5.11 Å². The Bertz CT molecular complexity index is 279. The highest BCUT2D eigenvalue weighted by Gasteiger charge is 2.08. The van der Waals surface area contributed by atoms with E-state index in [1.54, 1.807) is 13.8 Å². The fourth-order valence-corrected chi connectivity index (χ4v) is 1.69. The topological polar surface area (TPSA) is 107 Å². The summed E-state index contributed by atoms with van der Waals surface area (Å²) in [5.74, 6) is 0. The molecule has 0 aliphatic carbocycles. The number of hydrogen-bond donors (Lipinski definition) is 2. The molecule has 0 saturated heterocycles. The Morgan fingerprint density at radius 3 is 2.62 bits per heavy atom. The molecule has 0 aromatic heterocycles. The van der Waals surface area contributed by atoms with Crippen LogP contribution in [0.1, 0.15) is 13.8 Å². The van der Waals surface area contributed by atoms with Crippen molar-refractivity contribution in [2.75, 3.05) is 13.1 Å². The lowest BCUT2D eigenvalue weighted by molar-refractivity contribution is 0.555. The molecular weight excluding hydrogens is 194 g/mol. The lowest BCUT2D eigenvalue weighted by atomic mass is 10.4. The lowest BCUT2D eigenvalue weighted by Crippen LogP contribution is -2.41. The van der Waals surface area contributed by atoms with Gasteiger partial charge in [-0.3, -0.25) is 0 Å². The molecule has 0 fully saturated rings. The Labute approximate surface area is 77.3 Å². The fraction of sp³-hybridized carbons (Fsp3) is 1.00. The zero-order valence-corrected chi connectivity index (χ0v) is 8.37. The SMILES string of the molecule is CC(C)NS(=O)(=O)NCCN=[N+]=[N-]. The van der Waals surface area contributed by atoms with Crippen molar-refractivity contribution in [3.05, 3.63) is 10.4 Å². The normalized spacial score (nSPS) is 11.3. The average molecular weight is 207 g/mol. The van der Waals surface area contributed by atoms with Crippen LogP contribution in [0.4, 0.5) is 0 Å². The van der Waals surface area contributed by atoms with Crippen LogP contribution in [0.2, 0.25) is 0 Å². The maximum Gasteiger partial charge on any atom is 0.277 e. The van der Waals surface area contributed by atoms with Gasteiger partial charge < -0.3 is 0 Å². The summed E-state index contributed by atoms with van der Waals surface area (Å²) in [6, 6.07) is -0.156. The molecule has 0 bridgehead atoms. The van der Waals surface area contributed by atoms with Crippen LogP contribution in [-0.4, -0.2) is 27.5 Å². The molecule has 0 rings (SSSR count). The standard InChI is InChI=1S/C5H13N5O2S/c1-5(2)9-13(11,12)8-4-3-7-10-6/h5,8-9H,3-4H2,1-2H3. The second kappa shape index (κ2) is 5.76. The van der Waals surface area contributed by atoms with E-state index < -0.39 is 10.2 Å². The first-order valence-corrected chi connectivity index (χ1v) is 5.24. The van der Waals surface area contributed by atoms with Crippen LogP contribution in [0.25, 0.3) is 10.4 Å². The molecule has 7 nitrogen and oxygen atoms in total. The third kappa shape index (κ3) is 7.54. The minimum absolute atomic E-state index is 0.103. The van der Waals surface area contributed by atoms with Crippen LogP contribution < -0.4 is 9.44 Å². The average Bonchev–Trinajstić information content (AvgIpc) is 1.95. The molecule has 0 radical (unpaired) electrons. The minimum Gasteiger partial charge on any atom is -0.202 e. The number of hydrogen-bond acceptors (Lipinski definition) is 3. The van der Waals surface area contributed by atoms with Crippen molar-refractivity contribution in [3.63, 3.8) is 0 Å². The van der Waals surface area contributed by atoms with E-state index in [2.05, 4.69) is 19.5 Å². The van der Waals surface area contributed by atoms with Crippen LogP contribution in [-0.2, 0) is 10.2 Å². The molecule has 0 aromatic carbocycles. The van der Waals surface area contributed by atoms with Crippen LogP contribution in [0.5, 0.6) is 0 Å². The highest BCUT2D eigenvalue weighted by Crippen LogP contribution is 1.82. The summed E-state index contributed by atoms with van der Waals surface area (Å²) in [4.78, 5) is 2.49. The molecule has 0 unspecified atom stereocenters. The van der Waals surface area contributed by atoms with Gasteiger partial charge in [0.1, 0.15) is 0 Å². The van der Waals surface area contributed by atoms with E-state index in [-0.39, 0.29) is 19.1 Å². The van der Waals surface area contributed by atoms with E-state index >= 15 is 0 Å². The van der Waals surface area contributed by atoms with Gasteiger partial charge in [0.2, 0.25) is 0 Å². The van der Waals surface area contributed by atoms with Gasteiger partial charge >= 0.3 is 0 Å². The Kier molecular flexibility index (Phi) is 5.40. The lowest BCUT2D eigenvalue weighted by Gasteiger charge is -2.09. The van der Waals surface area contributed by atoms with Gasteiger partial charge in [-0.05, 0) is 19.4 Å². The summed E-state index contributed by atoms with van der Waals surface area (Å²) in [5, 5.41) is 3.18. The fourth-order valence-electron chi connectivity index (χ4n) is 0.627. The molecule has 0 aliphatic heterocycles. The van der Waals surface area contributed by atoms with Crippen LogP contribution in [0.3, 0.4) is 0 Å². The highest BCUT2D eigenvalue weighted by atomic mass is 32.2. The molecule has 0 spiro atoms. The van der Waals surface area contributed by atoms with E-state index in [9.17, 15) is 8.42 Å². The summed E-state index contributed by atoms with van der Waals surface area (Å²) in [5.41, 5.74) is 7.91. The molecule has 13 heavy (non-hydrogen) atoms.